The van der Waals surface area contributed by atoms with Crippen molar-refractivity contribution in [3.05, 3.63) is 35.6 Å². The highest BCUT2D eigenvalue weighted by atomic mass is 19.1. The minimum Gasteiger partial charge on any atom is -0.350 e. The maximum absolute atomic E-state index is 13.3. The smallest absolute Gasteiger partial charge is 0.243 e. The first kappa shape index (κ1) is 19.4. The van der Waals surface area contributed by atoms with Gasteiger partial charge in [0.15, 0.2) is 0 Å². The topological polar surface area (TPSA) is 58.2 Å². The van der Waals surface area contributed by atoms with E-state index >= 15 is 0 Å². The Kier molecular flexibility index (Phi) is 5.19. The molecule has 5 heteroatoms. The third-order valence-electron chi connectivity index (χ3n) is 7.14. The number of carbonyl (C=O) groups excluding carboxylic acids is 2. The Morgan fingerprint density at radius 3 is 2.07 bits per heavy atom. The van der Waals surface area contributed by atoms with Gasteiger partial charge in [-0.05, 0) is 79.9 Å². The summed E-state index contributed by atoms with van der Waals surface area (Å²) in [7, 11) is 0. The molecule has 0 saturated heterocycles. The van der Waals surface area contributed by atoms with E-state index in [1.807, 2.05) is 13.8 Å². The molecule has 1 atom stereocenters. The highest BCUT2D eigenvalue weighted by Gasteiger charge is 2.55. The zero-order valence-electron chi connectivity index (χ0n) is 16.8. The molecule has 4 fully saturated rings. The molecule has 4 saturated carbocycles. The molecule has 4 aliphatic carbocycles. The Morgan fingerprint density at radius 1 is 1.04 bits per heavy atom. The van der Waals surface area contributed by atoms with E-state index in [1.165, 1.54) is 31.4 Å². The number of amides is 2. The van der Waals surface area contributed by atoms with Crippen molar-refractivity contribution in [3.63, 3.8) is 0 Å². The zero-order valence-corrected chi connectivity index (χ0v) is 16.8. The van der Waals surface area contributed by atoms with Gasteiger partial charge in [-0.1, -0.05) is 26.0 Å². The first-order valence-electron chi connectivity index (χ1n) is 10.7. The molecular formula is C23H31FN2O2. The van der Waals surface area contributed by atoms with Gasteiger partial charge in [0.25, 0.3) is 0 Å². The summed E-state index contributed by atoms with van der Waals surface area (Å²) in [5, 5.41) is 6.01. The maximum Gasteiger partial charge on any atom is 0.243 e. The van der Waals surface area contributed by atoms with Crippen LogP contribution in [0.15, 0.2) is 24.3 Å². The molecule has 1 aromatic carbocycles. The largest absolute Gasteiger partial charge is 0.350 e. The normalized spacial score (nSPS) is 31.6. The van der Waals surface area contributed by atoms with Crippen molar-refractivity contribution in [2.24, 2.45) is 29.1 Å². The summed E-state index contributed by atoms with van der Waals surface area (Å²) < 4.78 is 13.0. The van der Waals surface area contributed by atoms with Gasteiger partial charge in [-0.3, -0.25) is 9.59 Å². The van der Waals surface area contributed by atoms with Crippen LogP contribution in [0.2, 0.25) is 0 Å². The number of carbonyl (C=O) groups is 2. The van der Waals surface area contributed by atoms with Gasteiger partial charge < -0.3 is 10.6 Å². The van der Waals surface area contributed by atoms with Gasteiger partial charge in [0, 0.05) is 12.0 Å². The summed E-state index contributed by atoms with van der Waals surface area (Å²) in [6.45, 7) is 4.25. The Balaban J connectivity index is 1.39. The van der Waals surface area contributed by atoms with Gasteiger partial charge >= 0.3 is 0 Å². The van der Waals surface area contributed by atoms with Crippen LogP contribution in [0.1, 0.15) is 57.9 Å². The van der Waals surface area contributed by atoms with Crippen molar-refractivity contribution in [1.82, 2.24) is 10.6 Å². The van der Waals surface area contributed by atoms with Crippen LogP contribution in [0.5, 0.6) is 0 Å². The fourth-order valence-corrected chi connectivity index (χ4v) is 6.12. The number of benzene rings is 1. The number of halogens is 1. The van der Waals surface area contributed by atoms with Crippen molar-refractivity contribution in [2.75, 3.05) is 0 Å². The van der Waals surface area contributed by atoms with Crippen molar-refractivity contribution in [3.8, 4) is 0 Å². The Morgan fingerprint density at radius 2 is 1.57 bits per heavy atom. The van der Waals surface area contributed by atoms with Gasteiger partial charge in [0.1, 0.15) is 11.9 Å². The third-order valence-corrected chi connectivity index (χ3v) is 7.14. The van der Waals surface area contributed by atoms with Gasteiger partial charge in [-0.15, -0.1) is 0 Å². The van der Waals surface area contributed by atoms with Crippen LogP contribution in [0.25, 0.3) is 0 Å². The minimum absolute atomic E-state index is 0.00563. The molecule has 2 N–H and O–H groups in total. The van der Waals surface area contributed by atoms with Crippen LogP contribution in [0, 0.1) is 34.9 Å². The highest BCUT2D eigenvalue weighted by molar-refractivity contribution is 5.90. The second kappa shape index (κ2) is 7.49. The van der Waals surface area contributed by atoms with Gasteiger partial charge in [-0.25, -0.2) is 4.39 Å². The lowest BCUT2D eigenvalue weighted by Gasteiger charge is -2.55. The number of hydrogen-bond acceptors (Lipinski definition) is 2. The molecule has 5 rings (SSSR count). The molecule has 0 spiro atoms. The van der Waals surface area contributed by atoms with Crippen LogP contribution in [-0.4, -0.2) is 17.9 Å². The van der Waals surface area contributed by atoms with Crippen molar-refractivity contribution in [1.29, 1.82) is 0 Å². The van der Waals surface area contributed by atoms with Crippen LogP contribution in [0.4, 0.5) is 4.39 Å². The second-order valence-corrected chi connectivity index (χ2v) is 9.74. The van der Waals surface area contributed by atoms with Gasteiger partial charge in [-0.2, -0.15) is 0 Å². The van der Waals surface area contributed by atoms with E-state index in [4.69, 9.17) is 0 Å². The van der Waals surface area contributed by atoms with Crippen LogP contribution >= 0.6 is 0 Å². The Hall–Kier alpha value is -1.91. The van der Waals surface area contributed by atoms with Crippen LogP contribution in [-0.2, 0) is 16.1 Å². The summed E-state index contributed by atoms with van der Waals surface area (Å²) in [5.74, 6) is 1.72. The first-order valence-corrected chi connectivity index (χ1v) is 10.7. The number of hydrogen-bond donors (Lipinski definition) is 2. The van der Waals surface area contributed by atoms with Crippen LogP contribution < -0.4 is 10.6 Å². The average Bonchev–Trinajstić information content (AvgIpc) is 2.64. The highest BCUT2D eigenvalue weighted by Crippen LogP contribution is 2.60. The molecule has 1 aromatic rings. The Labute approximate surface area is 166 Å². The van der Waals surface area contributed by atoms with E-state index in [1.54, 1.807) is 12.1 Å². The number of rotatable bonds is 6. The summed E-state index contributed by atoms with van der Waals surface area (Å²) in [6.07, 6.45) is 6.85. The molecule has 0 radical (unpaired) electrons. The summed E-state index contributed by atoms with van der Waals surface area (Å²) in [5.41, 5.74) is 0.587. The lowest BCUT2D eigenvalue weighted by molar-refractivity contribution is -0.149. The van der Waals surface area contributed by atoms with Crippen LogP contribution in [0.3, 0.4) is 0 Å². The second-order valence-electron chi connectivity index (χ2n) is 9.74. The Bertz CT molecular complexity index is 708. The quantitative estimate of drug-likeness (QED) is 0.781. The summed E-state index contributed by atoms with van der Waals surface area (Å²) in [6, 6.07) is 5.55. The van der Waals surface area contributed by atoms with Crippen molar-refractivity contribution < 1.29 is 14.0 Å². The zero-order chi connectivity index (χ0) is 19.9. The molecule has 28 heavy (non-hydrogen) atoms. The molecule has 0 aliphatic heterocycles. The summed E-state index contributed by atoms with van der Waals surface area (Å²) >= 11 is 0. The average molecular weight is 387 g/mol. The van der Waals surface area contributed by atoms with Gasteiger partial charge in [0.05, 0.1) is 0 Å². The molecule has 4 aliphatic rings. The van der Waals surface area contributed by atoms with E-state index in [-0.39, 0.29) is 29.0 Å². The molecule has 0 unspecified atom stereocenters. The molecule has 0 aromatic heterocycles. The molecule has 4 nitrogen and oxygen atoms in total. The molecular weight excluding hydrogens is 355 g/mol. The van der Waals surface area contributed by atoms with E-state index in [9.17, 15) is 14.0 Å². The SMILES string of the molecule is CC(C)[C@H](NC(=O)C12CC3CC(CC(C3)C1)C2)C(=O)NCc1ccc(F)cc1. The monoisotopic (exact) mass is 386 g/mol. The van der Waals surface area contributed by atoms with E-state index in [0.29, 0.717) is 24.3 Å². The standard InChI is InChI=1S/C23H31FN2O2/c1-14(2)20(21(27)25-13-15-3-5-19(24)6-4-15)26-22(28)23-10-16-7-17(11-23)9-18(8-16)12-23/h3-6,14,16-18,20H,7-13H2,1-2H3,(H,25,27)(H,26,28)/t16?,17?,18?,20-,23?/m0/s1. The predicted octanol–water partition coefficient (Wildman–Crippen LogP) is 3.80. The fourth-order valence-electron chi connectivity index (χ4n) is 6.12. The lowest BCUT2D eigenvalue weighted by Crippen LogP contribution is -2.58. The predicted molar refractivity (Wildman–Crippen MR) is 106 cm³/mol. The van der Waals surface area contributed by atoms with E-state index < -0.39 is 6.04 Å². The van der Waals surface area contributed by atoms with Gasteiger partial charge in [0.2, 0.25) is 11.8 Å². The van der Waals surface area contributed by atoms with E-state index in [0.717, 1.165) is 24.8 Å². The maximum atomic E-state index is 13.3. The lowest BCUT2D eigenvalue weighted by atomic mass is 9.49. The van der Waals surface area contributed by atoms with Crippen molar-refractivity contribution in [2.45, 2.75) is 65.0 Å². The number of nitrogens with one attached hydrogen (secondary N) is 2. The molecule has 4 bridgehead atoms. The summed E-state index contributed by atoms with van der Waals surface area (Å²) in [4.78, 5) is 26.1. The minimum atomic E-state index is -0.541. The van der Waals surface area contributed by atoms with E-state index in [2.05, 4.69) is 10.6 Å². The molecule has 152 valence electrons. The van der Waals surface area contributed by atoms with Crippen molar-refractivity contribution >= 4 is 11.8 Å². The third kappa shape index (κ3) is 3.81. The first-order chi connectivity index (χ1) is 13.3. The molecule has 2 amide bonds. The molecule has 0 heterocycles. The fraction of sp³-hybridized carbons (Fsp3) is 0.652.